The normalized spacial score (nSPS) is 21.3. The summed E-state index contributed by atoms with van der Waals surface area (Å²) in [4.78, 5) is 0. The third-order valence-electron chi connectivity index (χ3n) is 2.94. The smallest absolute Gasteiger partial charge is 0.125 e. The van der Waals surface area contributed by atoms with Gasteiger partial charge in [0.05, 0.1) is 0 Å². The molecule has 0 aliphatic carbocycles. The van der Waals surface area contributed by atoms with E-state index in [1.54, 1.807) is 0 Å². The molecule has 2 nitrogen and oxygen atoms in total. The molecule has 1 aliphatic heterocycles. The van der Waals surface area contributed by atoms with Crippen molar-refractivity contribution in [2.24, 2.45) is 0 Å². The first-order valence-electron chi connectivity index (χ1n) is 5.71. The van der Waals surface area contributed by atoms with Crippen molar-refractivity contribution in [3.05, 3.63) is 29.3 Å². The SMILES string of the molecule is Cc1cccc(C)c1OC1CCCNC1. The van der Waals surface area contributed by atoms with Gasteiger partial charge in [-0.2, -0.15) is 0 Å². The fraction of sp³-hybridized carbons (Fsp3) is 0.538. The highest BCUT2D eigenvalue weighted by Crippen LogP contribution is 2.24. The summed E-state index contributed by atoms with van der Waals surface area (Å²) in [6, 6.07) is 6.30. The summed E-state index contributed by atoms with van der Waals surface area (Å²) in [7, 11) is 0. The summed E-state index contributed by atoms with van der Waals surface area (Å²) in [5.41, 5.74) is 2.47. The van der Waals surface area contributed by atoms with Gasteiger partial charge in [-0.1, -0.05) is 18.2 Å². The molecular formula is C13H19NO. The number of aryl methyl sites for hydroxylation is 2. The van der Waals surface area contributed by atoms with Crippen LogP contribution in [-0.4, -0.2) is 19.2 Å². The van der Waals surface area contributed by atoms with Crippen LogP contribution in [0.25, 0.3) is 0 Å². The molecule has 1 aromatic carbocycles. The number of hydrogen-bond acceptors (Lipinski definition) is 2. The van der Waals surface area contributed by atoms with E-state index in [2.05, 4.69) is 37.4 Å². The van der Waals surface area contributed by atoms with Crippen molar-refractivity contribution >= 4 is 0 Å². The number of benzene rings is 1. The van der Waals surface area contributed by atoms with Crippen molar-refractivity contribution in [1.82, 2.24) is 5.32 Å². The van der Waals surface area contributed by atoms with Gasteiger partial charge >= 0.3 is 0 Å². The van der Waals surface area contributed by atoms with E-state index < -0.39 is 0 Å². The van der Waals surface area contributed by atoms with Gasteiger partial charge in [-0.05, 0) is 44.4 Å². The molecule has 1 aromatic rings. The van der Waals surface area contributed by atoms with Crippen molar-refractivity contribution in [3.63, 3.8) is 0 Å². The molecule has 0 bridgehead atoms. The highest BCUT2D eigenvalue weighted by Gasteiger charge is 2.15. The van der Waals surface area contributed by atoms with Crippen molar-refractivity contribution in [3.8, 4) is 5.75 Å². The Hall–Kier alpha value is -1.02. The predicted octanol–water partition coefficient (Wildman–Crippen LogP) is 2.43. The zero-order chi connectivity index (χ0) is 10.7. The Bertz CT molecular complexity index is 309. The van der Waals surface area contributed by atoms with Gasteiger partial charge in [-0.25, -0.2) is 0 Å². The number of ether oxygens (including phenoxy) is 1. The molecule has 0 amide bonds. The molecule has 15 heavy (non-hydrogen) atoms. The van der Waals surface area contributed by atoms with E-state index >= 15 is 0 Å². The highest BCUT2D eigenvalue weighted by molar-refractivity contribution is 5.39. The molecule has 1 atom stereocenters. The van der Waals surface area contributed by atoms with Crippen LogP contribution in [0.4, 0.5) is 0 Å². The monoisotopic (exact) mass is 205 g/mol. The number of nitrogens with one attached hydrogen (secondary N) is 1. The fourth-order valence-corrected chi connectivity index (χ4v) is 2.07. The second kappa shape index (κ2) is 4.67. The van der Waals surface area contributed by atoms with Gasteiger partial charge < -0.3 is 10.1 Å². The Morgan fingerprint density at radius 1 is 1.27 bits per heavy atom. The zero-order valence-electron chi connectivity index (χ0n) is 9.55. The average Bonchev–Trinajstić information content (AvgIpc) is 2.25. The molecular weight excluding hydrogens is 186 g/mol. The molecule has 0 spiro atoms. The van der Waals surface area contributed by atoms with Crippen molar-refractivity contribution in [2.75, 3.05) is 13.1 Å². The molecule has 0 radical (unpaired) electrons. The van der Waals surface area contributed by atoms with Gasteiger partial charge in [0.15, 0.2) is 0 Å². The molecule has 1 saturated heterocycles. The van der Waals surface area contributed by atoms with Crippen LogP contribution in [0.2, 0.25) is 0 Å². The lowest BCUT2D eigenvalue weighted by Crippen LogP contribution is -2.37. The topological polar surface area (TPSA) is 21.3 Å². The minimum atomic E-state index is 0.346. The molecule has 1 fully saturated rings. The van der Waals surface area contributed by atoms with E-state index in [9.17, 15) is 0 Å². The van der Waals surface area contributed by atoms with E-state index in [1.165, 1.54) is 24.0 Å². The minimum absolute atomic E-state index is 0.346. The Kier molecular flexibility index (Phi) is 3.27. The Balaban J connectivity index is 2.09. The van der Waals surface area contributed by atoms with Crippen LogP contribution in [0, 0.1) is 13.8 Å². The van der Waals surface area contributed by atoms with Gasteiger partial charge in [-0.3, -0.25) is 0 Å². The number of hydrogen-bond donors (Lipinski definition) is 1. The first-order chi connectivity index (χ1) is 7.27. The number of para-hydroxylation sites is 1. The lowest BCUT2D eigenvalue weighted by molar-refractivity contribution is 0.165. The molecule has 2 heteroatoms. The molecule has 1 unspecified atom stereocenters. The van der Waals surface area contributed by atoms with Crippen LogP contribution < -0.4 is 10.1 Å². The summed E-state index contributed by atoms with van der Waals surface area (Å²) in [6.45, 7) is 6.33. The van der Waals surface area contributed by atoms with E-state index in [0.717, 1.165) is 18.8 Å². The number of piperidine rings is 1. The van der Waals surface area contributed by atoms with Crippen LogP contribution in [0.3, 0.4) is 0 Å². The lowest BCUT2D eigenvalue weighted by Gasteiger charge is -2.25. The van der Waals surface area contributed by atoms with E-state index in [4.69, 9.17) is 4.74 Å². The second-order valence-electron chi connectivity index (χ2n) is 4.31. The van der Waals surface area contributed by atoms with Gasteiger partial charge in [0, 0.05) is 6.54 Å². The highest BCUT2D eigenvalue weighted by atomic mass is 16.5. The maximum absolute atomic E-state index is 6.05. The van der Waals surface area contributed by atoms with Crippen molar-refractivity contribution < 1.29 is 4.74 Å². The van der Waals surface area contributed by atoms with E-state index in [1.807, 2.05) is 0 Å². The maximum Gasteiger partial charge on any atom is 0.125 e. The first-order valence-corrected chi connectivity index (χ1v) is 5.71. The quantitative estimate of drug-likeness (QED) is 0.800. The van der Waals surface area contributed by atoms with Gasteiger partial charge in [-0.15, -0.1) is 0 Å². The maximum atomic E-state index is 6.05. The third kappa shape index (κ3) is 2.51. The largest absolute Gasteiger partial charge is 0.489 e. The molecule has 1 heterocycles. The predicted molar refractivity (Wildman–Crippen MR) is 62.4 cm³/mol. The Morgan fingerprint density at radius 2 is 2.00 bits per heavy atom. The average molecular weight is 205 g/mol. The molecule has 1 N–H and O–H groups in total. The number of rotatable bonds is 2. The van der Waals surface area contributed by atoms with E-state index in [-0.39, 0.29) is 0 Å². The lowest BCUT2D eigenvalue weighted by atomic mass is 10.1. The van der Waals surface area contributed by atoms with Crippen LogP contribution in [0.15, 0.2) is 18.2 Å². The van der Waals surface area contributed by atoms with Crippen LogP contribution >= 0.6 is 0 Å². The molecule has 0 saturated carbocycles. The van der Waals surface area contributed by atoms with Gasteiger partial charge in [0.1, 0.15) is 11.9 Å². The zero-order valence-corrected chi connectivity index (χ0v) is 9.55. The minimum Gasteiger partial charge on any atom is -0.489 e. The summed E-state index contributed by atoms with van der Waals surface area (Å²) < 4.78 is 6.05. The van der Waals surface area contributed by atoms with Crippen LogP contribution in [0.5, 0.6) is 5.75 Å². The van der Waals surface area contributed by atoms with Crippen molar-refractivity contribution in [1.29, 1.82) is 0 Å². The fourth-order valence-electron chi connectivity index (χ4n) is 2.07. The third-order valence-corrected chi connectivity index (χ3v) is 2.94. The standard InChI is InChI=1S/C13H19NO/c1-10-5-3-6-11(2)13(10)15-12-7-4-8-14-9-12/h3,5-6,12,14H,4,7-9H2,1-2H3. The summed E-state index contributed by atoms with van der Waals surface area (Å²) >= 11 is 0. The summed E-state index contributed by atoms with van der Waals surface area (Å²) in [6.07, 6.45) is 2.73. The molecule has 82 valence electrons. The molecule has 1 aliphatic rings. The van der Waals surface area contributed by atoms with Gasteiger partial charge in [0.2, 0.25) is 0 Å². The van der Waals surface area contributed by atoms with Crippen molar-refractivity contribution in [2.45, 2.75) is 32.8 Å². The Morgan fingerprint density at radius 3 is 2.60 bits per heavy atom. The Labute approximate surface area is 91.6 Å². The van der Waals surface area contributed by atoms with Gasteiger partial charge in [0.25, 0.3) is 0 Å². The van der Waals surface area contributed by atoms with E-state index in [0.29, 0.717) is 6.10 Å². The molecule has 2 rings (SSSR count). The first kappa shape index (κ1) is 10.5. The van der Waals surface area contributed by atoms with Crippen LogP contribution in [0.1, 0.15) is 24.0 Å². The second-order valence-corrected chi connectivity index (χ2v) is 4.31. The summed E-state index contributed by atoms with van der Waals surface area (Å²) in [5, 5.41) is 3.37. The summed E-state index contributed by atoms with van der Waals surface area (Å²) in [5.74, 6) is 1.08. The molecule has 0 aromatic heterocycles. The van der Waals surface area contributed by atoms with Crippen LogP contribution in [-0.2, 0) is 0 Å².